The maximum atomic E-state index is 12.8. The minimum atomic E-state index is -0.0368. The largest absolute Gasteiger partial charge is 0.335 e. The van der Waals surface area contributed by atoms with Gasteiger partial charge in [-0.05, 0) is 29.5 Å². The summed E-state index contributed by atoms with van der Waals surface area (Å²) in [4.78, 5) is 14.7. The zero-order valence-corrected chi connectivity index (χ0v) is 14.1. The summed E-state index contributed by atoms with van der Waals surface area (Å²) in [7, 11) is 1.91. The van der Waals surface area contributed by atoms with Crippen molar-refractivity contribution in [3.8, 4) is 0 Å². The molecule has 3 atom stereocenters. The van der Waals surface area contributed by atoms with Crippen molar-refractivity contribution >= 4 is 6.03 Å². The molecule has 0 spiro atoms. The zero-order chi connectivity index (χ0) is 16.5. The number of carbonyl (C=O) groups is 1. The lowest BCUT2D eigenvalue weighted by molar-refractivity contribution is 0.182. The Morgan fingerprint density at radius 1 is 0.917 bits per heavy atom. The third-order valence-electron chi connectivity index (χ3n) is 5.59. The van der Waals surface area contributed by atoms with Crippen molar-refractivity contribution in [2.45, 2.75) is 43.7 Å². The number of hydrogen-bond acceptors (Lipinski definition) is 1. The van der Waals surface area contributed by atoms with E-state index < -0.39 is 0 Å². The van der Waals surface area contributed by atoms with Gasteiger partial charge in [-0.15, -0.1) is 0 Å². The number of benzene rings is 2. The van der Waals surface area contributed by atoms with E-state index in [9.17, 15) is 4.79 Å². The van der Waals surface area contributed by atoms with Gasteiger partial charge in [0.1, 0.15) is 0 Å². The van der Waals surface area contributed by atoms with Gasteiger partial charge in [-0.25, -0.2) is 4.79 Å². The fraction of sp³-hybridized carbons (Fsp3) is 0.381. The Hall–Kier alpha value is -2.29. The maximum absolute atomic E-state index is 12.8. The van der Waals surface area contributed by atoms with Crippen LogP contribution in [0.3, 0.4) is 0 Å². The van der Waals surface area contributed by atoms with Crippen LogP contribution in [-0.4, -0.2) is 24.0 Å². The molecule has 0 bridgehead atoms. The molecule has 24 heavy (non-hydrogen) atoms. The predicted octanol–water partition coefficient (Wildman–Crippen LogP) is 4.46. The van der Waals surface area contributed by atoms with Gasteiger partial charge in [0.25, 0.3) is 0 Å². The van der Waals surface area contributed by atoms with Crippen LogP contribution in [0, 0.1) is 0 Å². The number of carbonyl (C=O) groups excluding carboxylic acids is 1. The number of nitrogens with zero attached hydrogens (tertiary/aromatic N) is 1. The van der Waals surface area contributed by atoms with Gasteiger partial charge in [-0.2, -0.15) is 0 Å². The number of hydrogen-bond donors (Lipinski definition) is 1. The molecule has 2 aromatic carbocycles. The quantitative estimate of drug-likeness (QED) is 0.827. The van der Waals surface area contributed by atoms with Crippen molar-refractivity contribution < 1.29 is 4.79 Å². The molecular formula is C21H24N2O. The van der Waals surface area contributed by atoms with E-state index >= 15 is 0 Å². The third kappa shape index (κ3) is 2.58. The highest BCUT2D eigenvalue weighted by Gasteiger charge is 2.36. The monoisotopic (exact) mass is 320 g/mol. The lowest BCUT2D eigenvalue weighted by Gasteiger charge is -2.41. The molecule has 1 fully saturated rings. The number of nitrogens with one attached hydrogen (secondary N) is 1. The number of amides is 2. The van der Waals surface area contributed by atoms with Crippen molar-refractivity contribution in [3.63, 3.8) is 0 Å². The van der Waals surface area contributed by atoms with Gasteiger partial charge in [0.05, 0.1) is 6.04 Å². The minimum Gasteiger partial charge on any atom is -0.335 e. The van der Waals surface area contributed by atoms with Crippen LogP contribution in [0.5, 0.6) is 0 Å². The Morgan fingerprint density at radius 3 is 2.38 bits per heavy atom. The van der Waals surface area contributed by atoms with Crippen LogP contribution in [0.15, 0.2) is 54.6 Å². The van der Waals surface area contributed by atoms with Gasteiger partial charge in [0, 0.05) is 19.0 Å². The third-order valence-corrected chi connectivity index (χ3v) is 5.59. The van der Waals surface area contributed by atoms with E-state index in [1.165, 1.54) is 24.0 Å². The van der Waals surface area contributed by atoms with E-state index in [4.69, 9.17) is 0 Å². The standard InChI is InChI=1S/C21H24N2O/c1-23-20(15-9-3-2-4-10-15)18-13-6-5-11-16(18)17-12-7-8-14-19(17)22-21(23)24/h2-6,9-11,13,17,19-20H,7-8,12,14H2,1H3,(H,22,24)/t17-,19-,20-/m1/s1. The second kappa shape index (κ2) is 6.31. The van der Waals surface area contributed by atoms with E-state index in [1.54, 1.807) is 0 Å². The molecule has 2 aliphatic rings. The molecule has 0 saturated heterocycles. The van der Waals surface area contributed by atoms with E-state index in [-0.39, 0.29) is 18.1 Å². The summed E-state index contributed by atoms with van der Waals surface area (Å²) in [6.45, 7) is 0. The lowest BCUT2D eigenvalue weighted by Crippen LogP contribution is -2.50. The summed E-state index contributed by atoms with van der Waals surface area (Å²) in [5.74, 6) is 0.429. The fourth-order valence-electron chi connectivity index (χ4n) is 4.40. The zero-order valence-electron chi connectivity index (χ0n) is 14.1. The van der Waals surface area contributed by atoms with Gasteiger partial charge in [0.2, 0.25) is 0 Å². The highest BCUT2D eigenvalue weighted by atomic mass is 16.2. The molecular weight excluding hydrogens is 296 g/mol. The molecule has 1 heterocycles. The molecule has 1 N–H and O–H groups in total. The van der Waals surface area contributed by atoms with Crippen LogP contribution < -0.4 is 5.32 Å². The molecule has 0 unspecified atom stereocenters. The number of urea groups is 1. The molecule has 0 aromatic heterocycles. The molecule has 124 valence electrons. The van der Waals surface area contributed by atoms with Gasteiger partial charge in [-0.1, -0.05) is 67.4 Å². The SMILES string of the molecule is CN1C(=O)N[C@@H]2CCCC[C@@H]2c2ccccc2[C@H]1c1ccccc1. The van der Waals surface area contributed by atoms with E-state index in [0.29, 0.717) is 5.92 Å². The smallest absolute Gasteiger partial charge is 0.318 e. The van der Waals surface area contributed by atoms with Crippen molar-refractivity contribution in [1.82, 2.24) is 10.2 Å². The van der Waals surface area contributed by atoms with Crippen LogP contribution in [0.25, 0.3) is 0 Å². The van der Waals surface area contributed by atoms with Gasteiger partial charge in [-0.3, -0.25) is 0 Å². The first-order valence-electron chi connectivity index (χ1n) is 8.93. The summed E-state index contributed by atoms with van der Waals surface area (Å²) < 4.78 is 0. The highest BCUT2D eigenvalue weighted by Crippen LogP contribution is 2.41. The Bertz CT molecular complexity index is 728. The fourth-order valence-corrected chi connectivity index (χ4v) is 4.40. The van der Waals surface area contributed by atoms with Crippen molar-refractivity contribution in [1.29, 1.82) is 0 Å². The van der Waals surface area contributed by atoms with Gasteiger partial charge in [0.15, 0.2) is 0 Å². The Labute approximate surface area is 143 Å². The van der Waals surface area contributed by atoms with Gasteiger partial charge >= 0.3 is 6.03 Å². The van der Waals surface area contributed by atoms with Crippen molar-refractivity contribution in [3.05, 3.63) is 71.3 Å². The molecule has 2 amide bonds. The summed E-state index contributed by atoms with van der Waals surface area (Å²) in [5, 5.41) is 3.30. The first-order valence-corrected chi connectivity index (χ1v) is 8.93. The van der Waals surface area contributed by atoms with E-state index in [2.05, 4.69) is 41.7 Å². The van der Waals surface area contributed by atoms with Crippen LogP contribution in [0.4, 0.5) is 4.79 Å². The maximum Gasteiger partial charge on any atom is 0.318 e. The molecule has 4 rings (SSSR count). The molecule has 1 aliphatic carbocycles. The topological polar surface area (TPSA) is 32.3 Å². The summed E-state index contributed by atoms with van der Waals surface area (Å²) in [6, 6.07) is 19.3. The molecule has 2 aromatic rings. The first kappa shape index (κ1) is 15.3. The van der Waals surface area contributed by atoms with Crippen LogP contribution in [-0.2, 0) is 0 Å². The van der Waals surface area contributed by atoms with Crippen molar-refractivity contribution in [2.24, 2.45) is 0 Å². The predicted molar refractivity (Wildman–Crippen MR) is 96.0 cm³/mol. The van der Waals surface area contributed by atoms with E-state index in [0.717, 1.165) is 18.4 Å². The Balaban J connectivity index is 1.88. The number of fused-ring (bicyclic) bond motifs is 3. The average Bonchev–Trinajstić information content (AvgIpc) is 2.63. The Morgan fingerprint density at radius 2 is 1.58 bits per heavy atom. The molecule has 3 nitrogen and oxygen atoms in total. The average molecular weight is 320 g/mol. The molecule has 3 heteroatoms. The lowest BCUT2D eigenvalue weighted by atomic mass is 9.76. The second-order valence-electron chi connectivity index (χ2n) is 7.00. The first-order chi connectivity index (χ1) is 11.8. The molecule has 1 aliphatic heterocycles. The second-order valence-corrected chi connectivity index (χ2v) is 7.00. The van der Waals surface area contributed by atoms with Crippen LogP contribution >= 0.6 is 0 Å². The summed E-state index contributed by atoms with van der Waals surface area (Å²) in [6.07, 6.45) is 4.69. The van der Waals surface area contributed by atoms with E-state index in [1.807, 2.05) is 30.1 Å². The van der Waals surface area contributed by atoms with Crippen LogP contribution in [0.1, 0.15) is 54.3 Å². The molecule has 1 saturated carbocycles. The highest BCUT2D eigenvalue weighted by molar-refractivity contribution is 5.76. The molecule has 0 radical (unpaired) electrons. The van der Waals surface area contributed by atoms with Crippen molar-refractivity contribution in [2.75, 3.05) is 7.05 Å². The summed E-state index contributed by atoms with van der Waals surface area (Å²) >= 11 is 0. The Kier molecular flexibility index (Phi) is 4.01. The van der Waals surface area contributed by atoms with Crippen LogP contribution in [0.2, 0.25) is 0 Å². The number of rotatable bonds is 1. The summed E-state index contributed by atoms with van der Waals surface area (Å²) in [5.41, 5.74) is 3.85. The van der Waals surface area contributed by atoms with Gasteiger partial charge < -0.3 is 10.2 Å². The minimum absolute atomic E-state index is 0.0368. The normalized spacial score (nSPS) is 26.6.